The summed E-state index contributed by atoms with van der Waals surface area (Å²) >= 11 is 0. The molecule has 0 aromatic rings. The van der Waals surface area contributed by atoms with Crippen molar-refractivity contribution in [1.29, 1.82) is 0 Å². The molecule has 0 spiro atoms. The molecule has 1 aliphatic heterocycles. The Hall–Kier alpha value is -0.460. The van der Waals surface area contributed by atoms with Gasteiger partial charge < -0.3 is 24.8 Å². The van der Waals surface area contributed by atoms with E-state index in [-0.39, 0.29) is 13.2 Å². The molecule has 30 heavy (non-hydrogen) atoms. The van der Waals surface area contributed by atoms with Gasteiger partial charge in [-0.15, -0.1) is 0 Å². The van der Waals surface area contributed by atoms with Crippen molar-refractivity contribution in [1.82, 2.24) is 0 Å². The lowest BCUT2D eigenvalue weighted by molar-refractivity contribution is -0.208. The Labute approximate surface area is 184 Å². The molecule has 0 aromatic carbocycles. The zero-order valence-electron chi connectivity index (χ0n) is 19.4. The molecule has 0 unspecified atom stereocenters. The molecule has 1 rings (SSSR count). The summed E-state index contributed by atoms with van der Waals surface area (Å²) in [5.41, 5.74) is 0. The van der Waals surface area contributed by atoms with Crippen molar-refractivity contribution in [2.45, 2.75) is 128 Å². The average Bonchev–Trinajstić information content (AvgIpc) is 2.75. The molecule has 1 saturated heterocycles. The van der Waals surface area contributed by atoms with Gasteiger partial charge in [-0.1, -0.05) is 83.3 Å². The highest BCUT2D eigenvalue weighted by molar-refractivity contribution is 4.87. The standard InChI is InChI=1S/C25H48O5/c1-2-3-4-5-6-7-8-9-10-11-12-13-14-15-16-17-18-19-29-23-21-30-22(20-26)24(27)25(23)28/h9-10,22-28H,2-8,11-21H2,1H3/b10-9+/t22-,23+,24-,25-/m0/s1. The van der Waals surface area contributed by atoms with Crippen LogP contribution in [0.4, 0.5) is 0 Å². The van der Waals surface area contributed by atoms with Crippen LogP contribution in [0.3, 0.4) is 0 Å². The first-order valence-electron chi connectivity index (χ1n) is 12.6. The molecule has 1 heterocycles. The summed E-state index contributed by atoms with van der Waals surface area (Å²) < 4.78 is 11.0. The summed E-state index contributed by atoms with van der Waals surface area (Å²) in [6.07, 6.45) is 20.7. The molecule has 5 heteroatoms. The van der Waals surface area contributed by atoms with Crippen LogP contribution in [-0.2, 0) is 9.47 Å². The maximum absolute atomic E-state index is 10.0. The minimum atomic E-state index is -1.08. The number of hydrogen-bond acceptors (Lipinski definition) is 5. The molecule has 3 N–H and O–H groups in total. The lowest BCUT2D eigenvalue weighted by atomic mass is 10.0. The van der Waals surface area contributed by atoms with E-state index in [1.165, 1.54) is 83.5 Å². The summed E-state index contributed by atoms with van der Waals surface area (Å²) in [6.45, 7) is 2.77. The molecule has 0 aromatic heterocycles. The molecule has 0 radical (unpaired) electrons. The Morgan fingerprint density at radius 2 is 1.30 bits per heavy atom. The number of aliphatic hydroxyl groups is 3. The summed E-state index contributed by atoms with van der Waals surface area (Å²) in [7, 11) is 0. The normalized spacial score (nSPS) is 24.7. The third-order valence-corrected chi connectivity index (χ3v) is 6.00. The summed E-state index contributed by atoms with van der Waals surface area (Å²) in [5, 5.41) is 28.9. The Balaban J connectivity index is 1.82. The molecule has 0 aliphatic carbocycles. The van der Waals surface area contributed by atoms with E-state index in [4.69, 9.17) is 14.6 Å². The second-order valence-electron chi connectivity index (χ2n) is 8.74. The maximum Gasteiger partial charge on any atom is 0.111 e. The minimum Gasteiger partial charge on any atom is -0.394 e. The second kappa shape index (κ2) is 19.2. The van der Waals surface area contributed by atoms with E-state index >= 15 is 0 Å². The number of ether oxygens (including phenoxy) is 2. The summed E-state index contributed by atoms with van der Waals surface area (Å²) in [4.78, 5) is 0. The monoisotopic (exact) mass is 428 g/mol. The van der Waals surface area contributed by atoms with Gasteiger partial charge in [0.2, 0.25) is 0 Å². The lowest BCUT2D eigenvalue weighted by Gasteiger charge is -2.36. The highest BCUT2D eigenvalue weighted by Crippen LogP contribution is 2.18. The molecule has 0 bridgehead atoms. The first-order chi connectivity index (χ1) is 14.7. The van der Waals surface area contributed by atoms with Crippen LogP contribution in [0.5, 0.6) is 0 Å². The van der Waals surface area contributed by atoms with Crippen LogP contribution in [0.1, 0.15) is 103 Å². The van der Waals surface area contributed by atoms with Gasteiger partial charge in [-0.2, -0.15) is 0 Å². The van der Waals surface area contributed by atoms with Gasteiger partial charge in [-0.05, 0) is 32.1 Å². The fraction of sp³-hybridized carbons (Fsp3) is 0.920. The molecule has 5 nitrogen and oxygen atoms in total. The Bertz CT molecular complexity index is 401. The van der Waals surface area contributed by atoms with Gasteiger partial charge >= 0.3 is 0 Å². The maximum atomic E-state index is 10.0. The Morgan fingerprint density at radius 3 is 1.87 bits per heavy atom. The summed E-state index contributed by atoms with van der Waals surface area (Å²) in [6, 6.07) is 0. The summed E-state index contributed by atoms with van der Waals surface area (Å²) in [5.74, 6) is 0. The topological polar surface area (TPSA) is 79.2 Å². The van der Waals surface area contributed by atoms with Gasteiger partial charge in [0.1, 0.15) is 24.4 Å². The Kier molecular flexibility index (Phi) is 17.7. The third kappa shape index (κ3) is 13.1. The van der Waals surface area contributed by atoms with Crippen LogP contribution in [0.2, 0.25) is 0 Å². The van der Waals surface area contributed by atoms with Gasteiger partial charge in [-0.3, -0.25) is 0 Å². The van der Waals surface area contributed by atoms with E-state index in [1.54, 1.807) is 0 Å². The predicted molar refractivity (Wildman–Crippen MR) is 123 cm³/mol. The van der Waals surface area contributed by atoms with Crippen molar-refractivity contribution in [3.63, 3.8) is 0 Å². The quantitative estimate of drug-likeness (QED) is 0.201. The molecular weight excluding hydrogens is 380 g/mol. The Morgan fingerprint density at radius 1 is 0.767 bits per heavy atom. The van der Waals surface area contributed by atoms with E-state index in [0.717, 1.165) is 12.8 Å². The zero-order chi connectivity index (χ0) is 21.9. The van der Waals surface area contributed by atoms with Crippen LogP contribution in [-0.4, -0.2) is 59.6 Å². The van der Waals surface area contributed by atoms with E-state index in [9.17, 15) is 10.2 Å². The highest BCUT2D eigenvalue weighted by atomic mass is 16.6. The largest absolute Gasteiger partial charge is 0.394 e. The van der Waals surface area contributed by atoms with Crippen LogP contribution in [0.25, 0.3) is 0 Å². The second-order valence-corrected chi connectivity index (χ2v) is 8.74. The van der Waals surface area contributed by atoms with E-state index < -0.39 is 24.4 Å². The fourth-order valence-electron chi connectivity index (χ4n) is 3.92. The number of unbranched alkanes of at least 4 members (excludes halogenated alkanes) is 13. The van der Waals surface area contributed by atoms with Crippen molar-refractivity contribution in [2.24, 2.45) is 0 Å². The smallest absolute Gasteiger partial charge is 0.111 e. The molecule has 0 saturated carbocycles. The van der Waals surface area contributed by atoms with Gasteiger partial charge in [-0.25, -0.2) is 0 Å². The van der Waals surface area contributed by atoms with Crippen LogP contribution in [0.15, 0.2) is 12.2 Å². The predicted octanol–water partition coefficient (Wildman–Crippen LogP) is 4.91. The molecule has 1 aliphatic rings. The SMILES string of the molecule is CCCCCCCC/C=C/CCCCCCCCCO[C@@H]1CO[C@@H](CO)[C@H](O)[C@H]1O. The molecular formula is C25H48O5. The van der Waals surface area contributed by atoms with Crippen molar-refractivity contribution < 1.29 is 24.8 Å². The lowest BCUT2D eigenvalue weighted by Crippen LogP contribution is -2.55. The number of rotatable bonds is 19. The minimum absolute atomic E-state index is 0.219. The van der Waals surface area contributed by atoms with Gasteiger partial charge in [0.15, 0.2) is 0 Å². The first-order valence-corrected chi connectivity index (χ1v) is 12.6. The number of aliphatic hydroxyl groups excluding tert-OH is 3. The van der Waals surface area contributed by atoms with Gasteiger partial charge in [0.25, 0.3) is 0 Å². The van der Waals surface area contributed by atoms with Crippen molar-refractivity contribution in [3.05, 3.63) is 12.2 Å². The first kappa shape index (κ1) is 27.6. The molecule has 4 atom stereocenters. The van der Waals surface area contributed by atoms with Crippen molar-refractivity contribution >= 4 is 0 Å². The van der Waals surface area contributed by atoms with E-state index in [0.29, 0.717) is 6.61 Å². The van der Waals surface area contributed by atoms with E-state index in [1.807, 2.05) is 0 Å². The van der Waals surface area contributed by atoms with Gasteiger partial charge in [0.05, 0.1) is 13.2 Å². The molecule has 1 fully saturated rings. The van der Waals surface area contributed by atoms with Gasteiger partial charge in [0, 0.05) is 6.61 Å². The van der Waals surface area contributed by atoms with E-state index in [2.05, 4.69) is 19.1 Å². The number of allylic oxidation sites excluding steroid dienone is 2. The third-order valence-electron chi connectivity index (χ3n) is 6.00. The zero-order valence-corrected chi connectivity index (χ0v) is 19.4. The molecule has 0 amide bonds. The van der Waals surface area contributed by atoms with Crippen LogP contribution < -0.4 is 0 Å². The van der Waals surface area contributed by atoms with Crippen molar-refractivity contribution in [3.8, 4) is 0 Å². The van der Waals surface area contributed by atoms with Crippen LogP contribution >= 0.6 is 0 Å². The van der Waals surface area contributed by atoms with Crippen molar-refractivity contribution in [2.75, 3.05) is 19.8 Å². The fourth-order valence-corrected chi connectivity index (χ4v) is 3.92. The number of hydrogen-bond donors (Lipinski definition) is 3. The average molecular weight is 429 g/mol. The highest BCUT2D eigenvalue weighted by Gasteiger charge is 2.38. The molecule has 178 valence electrons. The van der Waals surface area contributed by atoms with Crippen LogP contribution in [0, 0.1) is 0 Å².